The fourth-order valence-electron chi connectivity index (χ4n) is 2.25. The molecule has 0 bridgehead atoms. The summed E-state index contributed by atoms with van der Waals surface area (Å²) in [6.07, 6.45) is -5.79. The molecule has 2 rings (SSSR count). The maximum atomic E-state index is 13.1. The Balaban J connectivity index is 2.41. The van der Waals surface area contributed by atoms with E-state index in [1.54, 1.807) is 13.8 Å². The van der Waals surface area contributed by atoms with Crippen molar-refractivity contribution in [2.45, 2.75) is 38.8 Å². The molecule has 0 fully saturated rings. The van der Waals surface area contributed by atoms with Gasteiger partial charge in [0.15, 0.2) is 0 Å². The first kappa shape index (κ1) is 16.8. The van der Waals surface area contributed by atoms with Crippen molar-refractivity contribution in [3.63, 3.8) is 0 Å². The van der Waals surface area contributed by atoms with Gasteiger partial charge in [0.25, 0.3) is 18.8 Å². The van der Waals surface area contributed by atoms with E-state index in [9.17, 15) is 27.5 Å². The number of hydrogen-bond donors (Lipinski definition) is 2. The molecule has 4 nitrogen and oxygen atoms in total. The number of allylic oxidation sites excluding steroid dienone is 1. The van der Waals surface area contributed by atoms with Crippen LogP contribution in [0, 0.1) is 6.92 Å². The first-order chi connectivity index (χ1) is 10.2. The third-order valence-corrected chi connectivity index (χ3v) is 4.37. The maximum absolute atomic E-state index is 13.1. The summed E-state index contributed by atoms with van der Waals surface area (Å²) in [6, 6.07) is 0. The van der Waals surface area contributed by atoms with Crippen LogP contribution in [0.1, 0.15) is 27.7 Å². The number of carbonyl (C=O) groups is 1. The first-order valence-electron chi connectivity index (χ1n) is 6.42. The standard InChI is InChI=1S/C13H14F4N2O2S/c1-3-7-6(2)22-5-8(7)11(20)19-13(21,12(16)17)4-9(18-19)10(14)15/h4-5,10,12,18,21H,3H2,1-2H3. The summed E-state index contributed by atoms with van der Waals surface area (Å²) in [5.41, 5.74) is -1.40. The fourth-order valence-corrected chi connectivity index (χ4v) is 3.18. The topological polar surface area (TPSA) is 52.6 Å². The van der Waals surface area contributed by atoms with Crippen LogP contribution >= 0.6 is 11.3 Å². The molecule has 22 heavy (non-hydrogen) atoms. The molecule has 0 spiro atoms. The predicted octanol–water partition coefficient (Wildman–Crippen LogP) is 2.68. The molecule has 1 atom stereocenters. The zero-order chi connectivity index (χ0) is 16.7. The van der Waals surface area contributed by atoms with Crippen LogP contribution in [0.3, 0.4) is 0 Å². The second-order valence-corrected chi connectivity index (χ2v) is 5.86. The van der Waals surface area contributed by atoms with Gasteiger partial charge in [-0.3, -0.25) is 10.2 Å². The lowest BCUT2D eigenvalue weighted by atomic mass is 10.1. The summed E-state index contributed by atoms with van der Waals surface area (Å²) in [6.45, 7) is 3.55. The van der Waals surface area contributed by atoms with Crippen molar-refractivity contribution in [3.8, 4) is 0 Å². The summed E-state index contributed by atoms with van der Waals surface area (Å²) in [5.74, 6) is -0.976. The molecule has 0 aromatic carbocycles. The SMILES string of the molecule is CCc1c(C(=O)N2NC(C(F)F)=CC2(O)C(F)F)csc1C. The lowest BCUT2D eigenvalue weighted by Crippen LogP contribution is -2.56. The van der Waals surface area contributed by atoms with Crippen molar-refractivity contribution >= 4 is 17.2 Å². The van der Waals surface area contributed by atoms with E-state index >= 15 is 0 Å². The molecule has 0 saturated heterocycles. The largest absolute Gasteiger partial charge is 0.361 e. The first-order valence-corrected chi connectivity index (χ1v) is 7.29. The van der Waals surface area contributed by atoms with Gasteiger partial charge >= 0.3 is 0 Å². The lowest BCUT2D eigenvalue weighted by Gasteiger charge is -2.31. The number of nitrogens with one attached hydrogen (secondary N) is 1. The molecule has 1 aromatic rings. The van der Waals surface area contributed by atoms with Gasteiger partial charge in [-0.25, -0.2) is 22.6 Å². The number of amides is 1. The quantitative estimate of drug-likeness (QED) is 0.830. The van der Waals surface area contributed by atoms with Gasteiger partial charge in [-0.05, 0) is 18.9 Å². The van der Waals surface area contributed by atoms with Gasteiger partial charge in [0.1, 0.15) is 0 Å². The molecule has 2 N–H and O–H groups in total. The maximum Gasteiger partial charge on any atom is 0.291 e. The third kappa shape index (κ3) is 2.58. The molecule has 0 radical (unpaired) electrons. The summed E-state index contributed by atoms with van der Waals surface area (Å²) >= 11 is 1.25. The highest BCUT2D eigenvalue weighted by Gasteiger charge is 2.51. The Morgan fingerprint density at radius 2 is 2.09 bits per heavy atom. The van der Waals surface area contributed by atoms with Crippen LogP contribution in [0.15, 0.2) is 17.2 Å². The highest BCUT2D eigenvalue weighted by molar-refractivity contribution is 7.10. The number of hydrogen-bond acceptors (Lipinski definition) is 4. The van der Waals surface area contributed by atoms with Crippen molar-refractivity contribution in [1.82, 2.24) is 10.4 Å². The molecular formula is C13H14F4N2O2S. The minimum Gasteiger partial charge on any atom is -0.361 e. The second-order valence-electron chi connectivity index (χ2n) is 4.77. The lowest BCUT2D eigenvalue weighted by molar-refractivity contribution is -0.146. The van der Waals surface area contributed by atoms with Gasteiger partial charge in [0.05, 0.1) is 11.3 Å². The molecule has 1 aromatic heterocycles. The zero-order valence-corrected chi connectivity index (χ0v) is 12.6. The second kappa shape index (κ2) is 5.88. The Morgan fingerprint density at radius 1 is 1.45 bits per heavy atom. The minimum absolute atomic E-state index is 0.112. The molecule has 0 aliphatic carbocycles. The molecule has 1 aliphatic rings. The molecule has 1 amide bonds. The smallest absolute Gasteiger partial charge is 0.291 e. The molecule has 9 heteroatoms. The van der Waals surface area contributed by atoms with Crippen LogP contribution in [0.4, 0.5) is 17.6 Å². The third-order valence-electron chi connectivity index (χ3n) is 3.41. The van der Waals surface area contributed by atoms with Crippen molar-refractivity contribution in [2.24, 2.45) is 0 Å². The van der Waals surface area contributed by atoms with E-state index in [1.807, 2.05) is 5.43 Å². The number of rotatable bonds is 4. The van der Waals surface area contributed by atoms with Gasteiger partial charge < -0.3 is 5.11 Å². The van der Waals surface area contributed by atoms with Crippen molar-refractivity contribution < 1.29 is 27.5 Å². The summed E-state index contributed by atoms with van der Waals surface area (Å²) < 4.78 is 51.6. The number of nitrogens with zero attached hydrogens (tertiary/aromatic N) is 1. The van der Waals surface area contributed by atoms with Crippen LogP contribution in [-0.4, -0.2) is 34.6 Å². The van der Waals surface area contributed by atoms with E-state index < -0.39 is 30.2 Å². The molecule has 122 valence electrons. The van der Waals surface area contributed by atoms with Crippen molar-refractivity contribution in [1.29, 1.82) is 0 Å². The Labute approximate surface area is 128 Å². The summed E-state index contributed by atoms with van der Waals surface area (Å²) in [7, 11) is 0. The van der Waals surface area contributed by atoms with Crippen LogP contribution in [-0.2, 0) is 6.42 Å². The minimum atomic E-state index is -3.44. The number of halogens is 4. The van der Waals surface area contributed by atoms with Crippen LogP contribution < -0.4 is 5.43 Å². The van der Waals surface area contributed by atoms with E-state index in [0.717, 1.165) is 4.88 Å². The van der Waals surface area contributed by atoms with Gasteiger partial charge in [-0.2, -0.15) is 0 Å². The Bertz CT molecular complexity index is 617. The van der Waals surface area contributed by atoms with Gasteiger partial charge in [0, 0.05) is 16.3 Å². The van der Waals surface area contributed by atoms with E-state index in [4.69, 9.17) is 0 Å². The molecule has 1 unspecified atom stereocenters. The predicted molar refractivity (Wildman–Crippen MR) is 72.8 cm³/mol. The zero-order valence-electron chi connectivity index (χ0n) is 11.7. The monoisotopic (exact) mass is 338 g/mol. The van der Waals surface area contributed by atoms with Crippen LogP contribution in [0.25, 0.3) is 0 Å². The van der Waals surface area contributed by atoms with E-state index in [2.05, 4.69) is 0 Å². The highest BCUT2D eigenvalue weighted by Crippen LogP contribution is 2.33. The number of alkyl halides is 4. The van der Waals surface area contributed by atoms with Gasteiger partial charge in [0.2, 0.25) is 5.72 Å². The number of thiophene rings is 1. The molecular weight excluding hydrogens is 324 g/mol. The Morgan fingerprint density at radius 3 is 2.59 bits per heavy atom. The van der Waals surface area contributed by atoms with Crippen LogP contribution in [0.2, 0.25) is 0 Å². The summed E-state index contributed by atoms with van der Waals surface area (Å²) in [4.78, 5) is 13.3. The highest BCUT2D eigenvalue weighted by atomic mass is 32.1. The van der Waals surface area contributed by atoms with Crippen molar-refractivity contribution in [3.05, 3.63) is 33.2 Å². The summed E-state index contributed by atoms with van der Waals surface area (Å²) in [5, 5.41) is 11.6. The number of aliphatic hydroxyl groups is 1. The van der Waals surface area contributed by atoms with Gasteiger partial charge in [-0.1, -0.05) is 6.92 Å². The van der Waals surface area contributed by atoms with E-state index in [1.165, 1.54) is 16.7 Å². The molecule has 0 saturated carbocycles. The number of carbonyl (C=O) groups excluding carboxylic acids is 1. The van der Waals surface area contributed by atoms with E-state index in [0.29, 0.717) is 12.0 Å². The molecule has 2 heterocycles. The Kier molecular flexibility index (Phi) is 4.48. The Hall–Kier alpha value is -1.61. The normalized spacial score (nSPS) is 21.5. The van der Waals surface area contributed by atoms with Gasteiger partial charge in [-0.15, -0.1) is 11.3 Å². The average Bonchev–Trinajstić information content (AvgIpc) is 2.99. The fraction of sp³-hybridized carbons (Fsp3) is 0.462. The molecule has 1 aliphatic heterocycles. The number of aryl methyl sites for hydroxylation is 1. The number of hydrazine groups is 1. The van der Waals surface area contributed by atoms with E-state index in [-0.39, 0.29) is 16.6 Å². The van der Waals surface area contributed by atoms with Crippen LogP contribution in [0.5, 0.6) is 0 Å². The average molecular weight is 338 g/mol. The van der Waals surface area contributed by atoms with Crippen molar-refractivity contribution in [2.75, 3.05) is 0 Å².